The van der Waals surface area contributed by atoms with Crippen LogP contribution in [0.5, 0.6) is 11.5 Å². The highest BCUT2D eigenvalue weighted by atomic mass is 32.2. The van der Waals surface area contributed by atoms with E-state index in [-0.39, 0.29) is 35.0 Å². The summed E-state index contributed by atoms with van der Waals surface area (Å²) >= 11 is 0. The number of sulfonamides is 1. The second kappa shape index (κ2) is 7.33. The molecular formula is C17H17N3O6S. The second-order valence-corrected chi connectivity index (χ2v) is 7.34. The molecule has 1 aromatic carbocycles. The summed E-state index contributed by atoms with van der Waals surface area (Å²) in [4.78, 5) is 29.3. The van der Waals surface area contributed by atoms with Gasteiger partial charge in [-0.15, -0.1) is 0 Å². The Kier molecular flexibility index (Phi) is 5.10. The average molecular weight is 391 g/mol. The largest absolute Gasteiger partial charge is 0.493 e. The van der Waals surface area contributed by atoms with Gasteiger partial charge in [0.2, 0.25) is 10.0 Å². The number of nitrogens with one attached hydrogen (secondary N) is 1. The number of nitrogens with zero attached hydrogens (tertiary/aromatic N) is 2. The van der Waals surface area contributed by atoms with Crippen molar-refractivity contribution in [3.63, 3.8) is 0 Å². The molecule has 0 fully saturated rings. The molecule has 142 valence electrons. The van der Waals surface area contributed by atoms with Gasteiger partial charge in [0, 0.05) is 25.4 Å². The summed E-state index contributed by atoms with van der Waals surface area (Å²) in [6, 6.07) is 7.25. The molecule has 0 aliphatic carbocycles. The van der Waals surface area contributed by atoms with E-state index in [1.54, 1.807) is 6.07 Å². The number of carbonyl (C=O) groups excluding carboxylic acids is 2. The molecular weight excluding hydrogens is 374 g/mol. The number of amides is 2. The van der Waals surface area contributed by atoms with E-state index in [9.17, 15) is 18.0 Å². The van der Waals surface area contributed by atoms with Crippen LogP contribution in [-0.4, -0.2) is 57.4 Å². The molecule has 1 aliphatic heterocycles. The van der Waals surface area contributed by atoms with E-state index in [4.69, 9.17) is 9.47 Å². The second-order valence-electron chi connectivity index (χ2n) is 5.58. The number of carbonyl (C=O) groups is 2. The summed E-state index contributed by atoms with van der Waals surface area (Å²) in [6.45, 7) is -0.247. The third kappa shape index (κ3) is 3.49. The molecule has 0 saturated heterocycles. The Morgan fingerprint density at radius 1 is 1.07 bits per heavy atom. The van der Waals surface area contributed by atoms with Crippen LogP contribution in [0, 0.1) is 0 Å². The van der Waals surface area contributed by atoms with E-state index in [2.05, 4.69) is 9.71 Å². The first-order valence-electron chi connectivity index (χ1n) is 7.92. The van der Waals surface area contributed by atoms with Gasteiger partial charge in [0.1, 0.15) is 5.69 Å². The lowest BCUT2D eigenvalue weighted by Crippen LogP contribution is -2.38. The standard InChI is InChI=1S/C17H17N3O6S/c1-25-13-6-5-11(10-14(13)26-2)27(23,24)19-8-9-20-16(21)12-4-3-7-18-15(12)17(20)22/h3-7,10,19H,8-9H2,1-2H3. The van der Waals surface area contributed by atoms with Gasteiger partial charge in [-0.05, 0) is 24.3 Å². The molecule has 2 amide bonds. The molecule has 1 aliphatic rings. The Hall–Kier alpha value is -2.98. The molecule has 2 heterocycles. The smallest absolute Gasteiger partial charge is 0.280 e. The minimum Gasteiger partial charge on any atom is -0.493 e. The Morgan fingerprint density at radius 3 is 2.48 bits per heavy atom. The Bertz CT molecular complexity index is 970. The van der Waals surface area contributed by atoms with Gasteiger partial charge in [0.15, 0.2) is 11.5 Å². The molecule has 0 saturated carbocycles. The van der Waals surface area contributed by atoms with Crippen molar-refractivity contribution in [3.05, 3.63) is 47.8 Å². The van der Waals surface area contributed by atoms with Gasteiger partial charge < -0.3 is 9.47 Å². The number of hydrogen-bond donors (Lipinski definition) is 1. The fourth-order valence-corrected chi connectivity index (χ4v) is 3.71. The number of imide groups is 1. The van der Waals surface area contributed by atoms with Crippen LogP contribution in [0.3, 0.4) is 0 Å². The van der Waals surface area contributed by atoms with Crippen LogP contribution in [0.4, 0.5) is 0 Å². The van der Waals surface area contributed by atoms with E-state index in [0.717, 1.165) is 4.90 Å². The lowest BCUT2D eigenvalue weighted by Gasteiger charge is -2.15. The summed E-state index contributed by atoms with van der Waals surface area (Å²) in [5, 5.41) is 0. The molecule has 10 heteroatoms. The van der Waals surface area contributed by atoms with Crippen LogP contribution in [0.2, 0.25) is 0 Å². The fourth-order valence-electron chi connectivity index (χ4n) is 2.68. The molecule has 0 unspecified atom stereocenters. The van der Waals surface area contributed by atoms with Crippen molar-refractivity contribution in [1.29, 1.82) is 0 Å². The number of benzene rings is 1. The van der Waals surface area contributed by atoms with Crippen LogP contribution in [0.1, 0.15) is 20.8 Å². The quantitative estimate of drug-likeness (QED) is 0.690. The minimum atomic E-state index is -3.86. The zero-order chi connectivity index (χ0) is 19.6. The van der Waals surface area contributed by atoms with E-state index in [0.29, 0.717) is 5.75 Å². The highest BCUT2D eigenvalue weighted by Gasteiger charge is 2.36. The molecule has 3 rings (SSSR count). The number of aromatic nitrogens is 1. The molecule has 0 spiro atoms. The number of rotatable bonds is 7. The van der Waals surface area contributed by atoms with Crippen molar-refractivity contribution >= 4 is 21.8 Å². The Labute approximate surface area is 156 Å². The molecule has 0 bridgehead atoms. The average Bonchev–Trinajstić information content (AvgIpc) is 2.92. The van der Waals surface area contributed by atoms with Gasteiger partial charge in [-0.25, -0.2) is 13.1 Å². The highest BCUT2D eigenvalue weighted by Crippen LogP contribution is 2.29. The third-order valence-corrected chi connectivity index (χ3v) is 5.48. The van der Waals surface area contributed by atoms with Gasteiger partial charge in [-0.1, -0.05) is 0 Å². The van der Waals surface area contributed by atoms with Crippen molar-refractivity contribution < 1.29 is 27.5 Å². The highest BCUT2D eigenvalue weighted by molar-refractivity contribution is 7.89. The first kappa shape index (κ1) is 18.8. The van der Waals surface area contributed by atoms with E-state index >= 15 is 0 Å². The number of hydrogen-bond acceptors (Lipinski definition) is 7. The van der Waals surface area contributed by atoms with Gasteiger partial charge >= 0.3 is 0 Å². The first-order chi connectivity index (χ1) is 12.9. The SMILES string of the molecule is COc1ccc(S(=O)(=O)NCCN2C(=O)c3cccnc3C2=O)cc1OC. The van der Waals surface area contributed by atoms with Crippen molar-refractivity contribution in [2.45, 2.75) is 4.90 Å². The van der Waals surface area contributed by atoms with Crippen LogP contribution >= 0.6 is 0 Å². The Morgan fingerprint density at radius 2 is 1.81 bits per heavy atom. The summed E-state index contributed by atoms with van der Waals surface area (Å²) in [6.07, 6.45) is 1.42. The van der Waals surface area contributed by atoms with Crippen molar-refractivity contribution in [3.8, 4) is 11.5 Å². The van der Waals surface area contributed by atoms with E-state index in [1.807, 2.05) is 0 Å². The summed E-state index contributed by atoms with van der Waals surface area (Å²) in [5.41, 5.74) is 0.287. The lowest BCUT2D eigenvalue weighted by atomic mass is 10.2. The zero-order valence-corrected chi connectivity index (χ0v) is 15.4. The van der Waals surface area contributed by atoms with Gasteiger partial charge in [-0.2, -0.15) is 0 Å². The van der Waals surface area contributed by atoms with E-state index in [1.165, 1.54) is 44.7 Å². The molecule has 2 aromatic rings. The van der Waals surface area contributed by atoms with Crippen molar-refractivity contribution in [2.75, 3.05) is 27.3 Å². The van der Waals surface area contributed by atoms with Crippen LogP contribution in [-0.2, 0) is 10.0 Å². The fraction of sp³-hybridized carbons (Fsp3) is 0.235. The molecule has 1 N–H and O–H groups in total. The van der Waals surface area contributed by atoms with Gasteiger partial charge in [-0.3, -0.25) is 19.5 Å². The maximum Gasteiger partial charge on any atom is 0.280 e. The monoisotopic (exact) mass is 391 g/mol. The Balaban J connectivity index is 1.69. The molecule has 9 nitrogen and oxygen atoms in total. The number of ether oxygens (including phenoxy) is 2. The van der Waals surface area contributed by atoms with Gasteiger partial charge in [0.25, 0.3) is 11.8 Å². The van der Waals surface area contributed by atoms with Gasteiger partial charge in [0.05, 0.1) is 24.7 Å². The normalized spacial score (nSPS) is 13.6. The van der Waals surface area contributed by atoms with E-state index < -0.39 is 21.8 Å². The summed E-state index contributed by atoms with van der Waals surface area (Å²) < 4.78 is 37.4. The van der Waals surface area contributed by atoms with Crippen LogP contribution in [0.25, 0.3) is 0 Å². The molecule has 27 heavy (non-hydrogen) atoms. The van der Waals surface area contributed by atoms with Crippen molar-refractivity contribution in [2.24, 2.45) is 0 Å². The molecule has 0 radical (unpaired) electrons. The zero-order valence-electron chi connectivity index (χ0n) is 14.6. The van der Waals surface area contributed by atoms with Crippen LogP contribution in [0.15, 0.2) is 41.4 Å². The predicted molar refractivity (Wildman–Crippen MR) is 94.3 cm³/mol. The topological polar surface area (TPSA) is 115 Å². The maximum absolute atomic E-state index is 12.4. The predicted octanol–water partition coefficient (Wildman–Crippen LogP) is 0.673. The molecule has 1 aromatic heterocycles. The number of methoxy groups -OCH3 is 2. The minimum absolute atomic E-state index is 0.0239. The van der Waals surface area contributed by atoms with Crippen molar-refractivity contribution in [1.82, 2.24) is 14.6 Å². The lowest BCUT2D eigenvalue weighted by molar-refractivity contribution is 0.0655. The summed E-state index contributed by atoms with van der Waals surface area (Å²) in [7, 11) is -1.02. The third-order valence-electron chi connectivity index (χ3n) is 4.02. The number of fused-ring (bicyclic) bond motifs is 1. The first-order valence-corrected chi connectivity index (χ1v) is 9.40. The molecule has 0 atom stereocenters. The maximum atomic E-state index is 12.4. The van der Waals surface area contributed by atoms with Crippen LogP contribution < -0.4 is 14.2 Å². The number of pyridine rings is 1. The summed E-state index contributed by atoms with van der Waals surface area (Å²) in [5.74, 6) is -0.365.